The molecule has 1 fully saturated rings. The lowest BCUT2D eigenvalue weighted by molar-refractivity contribution is 0.0320. The number of rotatable bonds is 6. The van der Waals surface area contributed by atoms with Crippen LogP contribution in [0.4, 0.5) is 4.39 Å². The molecule has 0 atom stereocenters. The molecule has 0 spiro atoms. The van der Waals surface area contributed by atoms with Gasteiger partial charge in [0.1, 0.15) is 11.4 Å². The van der Waals surface area contributed by atoms with Gasteiger partial charge in [-0.1, -0.05) is 12.1 Å². The van der Waals surface area contributed by atoms with Gasteiger partial charge in [0.15, 0.2) is 5.65 Å². The van der Waals surface area contributed by atoms with E-state index >= 15 is 0 Å². The fourth-order valence-corrected chi connectivity index (χ4v) is 3.55. The third-order valence-corrected chi connectivity index (χ3v) is 5.15. The minimum absolute atomic E-state index is 0.117. The minimum atomic E-state index is -0.289. The molecule has 1 saturated heterocycles. The second-order valence-electron chi connectivity index (χ2n) is 7.16. The molecule has 8 heteroatoms. The molecule has 1 amide bonds. The molecule has 0 unspecified atom stereocenters. The summed E-state index contributed by atoms with van der Waals surface area (Å²) >= 11 is 0. The number of nitrogens with zero attached hydrogens (tertiary/aromatic N) is 5. The number of hydrogen-bond donors (Lipinski definition) is 0. The number of halogens is 1. The van der Waals surface area contributed by atoms with Gasteiger partial charge in [-0.25, -0.2) is 13.9 Å². The van der Waals surface area contributed by atoms with Gasteiger partial charge in [-0.3, -0.25) is 9.69 Å². The second kappa shape index (κ2) is 8.67. The highest BCUT2D eigenvalue weighted by atomic mass is 19.1. The van der Waals surface area contributed by atoms with Crippen LogP contribution in [-0.2, 0) is 11.3 Å². The first-order valence-electron chi connectivity index (χ1n) is 9.75. The van der Waals surface area contributed by atoms with E-state index in [1.54, 1.807) is 40.0 Å². The first-order valence-corrected chi connectivity index (χ1v) is 9.75. The predicted octanol–water partition coefficient (Wildman–Crippen LogP) is 2.15. The molecule has 4 rings (SSSR count). The van der Waals surface area contributed by atoms with Gasteiger partial charge in [0.2, 0.25) is 0 Å². The summed E-state index contributed by atoms with van der Waals surface area (Å²) in [5, 5.41) is 4.42. The van der Waals surface area contributed by atoms with Crippen LogP contribution in [-0.4, -0.2) is 69.7 Å². The average molecular weight is 397 g/mol. The van der Waals surface area contributed by atoms with Crippen molar-refractivity contribution in [1.82, 2.24) is 24.4 Å². The Bertz CT molecular complexity index is 982. The Morgan fingerprint density at radius 2 is 2.00 bits per heavy atom. The monoisotopic (exact) mass is 397 g/mol. The van der Waals surface area contributed by atoms with Crippen molar-refractivity contribution in [3.63, 3.8) is 0 Å². The van der Waals surface area contributed by atoms with E-state index in [0.29, 0.717) is 43.2 Å². The van der Waals surface area contributed by atoms with Crippen LogP contribution in [0.5, 0.6) is 0 Å². The van der Waals surface area contributed by atoms with Gasteiger partial charge in [-0.15, -0.1) is 0 Å². The summed E-state index contributed by atoms with van der Waals surface area (Å²) in [4.78, 5) is 21.9. The molecular formula is C21H24FN5O2. The van der Waals surface area contributed by atoms with Crippen LogP contribution in [0.25, 0.3) is 5.65 Å². The smallest absolute Gasteiger partial charge is 0.259 e. The Balaban J connectivity index is 1.59. The quantitative estimate of drug-likeness (QED) is 0.638. The number of carbonyl (C=O) groups excluding carboxylic acids is 1. The van der Waals surface area contributed by atoms with E-state index < -0.39 is 0 Å². The number of amides is 1. The molecule has 152 valence electrons. The summed E-state index contributed by atoms with van der Waals surface area (Å²) in [5.74, 6) is -0.406. The summed E-state index contributed by atoms with van der Waals surface area (Å²) in [5.41, 5.74) is 2.58. The average Bonchev–Trinajstić information content (AvgIpc) is 3.08. The summed E-state index contributed by atoms with van der Waals surface area (Å²) in [6.45, 7) is 6.66. The van der Waals surface area contributed by atoms with Crippen molar-refractivity contribution in [3.05, 3.63) is 65.4 Å². The zero-order chi connectivity index (χ0) is 20.2. The number of carbonyl (C=O) groups is 1. The van der Waals surface area contributed by atoms with E-state index in [9.17, 15) is 9.18 Å². The van der Waals surface area contributed by atoms with E-state index in [1.807, 2.05) is 6.92 Å². The molecule has 29 heavy (non-hydrogen) atoms. The van der Waals surface area contributed by atoms with Gasteiger partial charge < -0.3 is 9.64 Å². The number of ether oxygens (including phenoxy) is 1. The number of benzene rings is 1. The van der Waals surface area contributed by atoms with E-state index in [0.717, 1.165) is 25.2 Å². The van der Waals surface area contributed by atoms with Gasteiger partial charge >= 0.3 is 0 Å². The fraction of sp³-hybridized carbons (Fsp3) is 0.381. The first-order chi connectivity index (χ1) is 14.1. The second-order valence-corrected chi connectivity index (χ2v) is 7.16. The van der Waals surface area contributed by atoms with Crippen LogP contribution in [0, 0.1) is 12.7 Å². The van der Waals surface area contributed by atoms with E-state index in [4.69, 9.17) is 4.74 Å². The molecule has 2 aromatic heterocycles. The molecule has 1 aliphatic heterocycles. The van der Waals surface area contributed by atoms with Crippen LogP contribution in [0.15, 0.2) is 42.7 Å². The molecule has 1 aliphatic rings. The van der Waals surface area contributed by atoms with Crippen molar-refractivity contribution in [2.75, 3.05) is 39.4 Å². The highest BCUT2D eigenvalue weighted by Gasteiger charge is 2.24. The molecule has 0 saturated carbocycles. The van der Waals surface area contributed by atoms with Crippen LogP contribution in [0.2, 0.25) is 0 Å². The molecule has 1 aromatic carbocycles. The number of morpholine rings is 1. The van der Waals surface area contributed by atoms with Crippen LogP contribution in [0.1, 0.15) is 21.6 Å². The summed E-state index contributed by atoms with van der Waals surface area (Å²) in [6.07, 6.45) is 3.44. The Morgan fingerprint density at radius 3 is 2.76 bits per heavy atom. The molecular weight excluding hydrogens is 373 g/mol. The standard InChI is InChI=1S/C21H24FN5O2/c1-16-19(20-23-7-2-8-27(20)24-16)21(28)26(10-9-25-11-13-29-14-12-25)15-17-3-5-18(22)6-4-17/h2-8H,9-15H2,1H3. The lowest BCUT2D eigenvalue weighted by Crippen LogP contribution is -2.43. The SMILES string of the molecule is Cc1nn2cccnc2c1C(=O)N(CCN1CCOCC1)Cc1ccc(F)cc1. The van der Waals surface area contributed by atoms with E-state index in [-0.39, 0.29) is 11.7 Å². The maximum atomic E-state index is 13.5. The highest BCUT2D eigenvalue weighted by molar-refractivity contribution is 6.01. The predicted molar refractivity (Wildman–Crippen MR) is 106 cm³/mol. The maximum Gasteiger partial charge on any atom is 0.259 e. The Kier molecular flexibility index (Phi) is 5.82. The fourth-order valence-electron chi connectivity index (χ4n) is 3.55. The molecule has 0 aliphatic carbocycles. The third kappa shape index (κ3) is 4.44. The number of aryl methyl sites for hydroxylation is 1. The topological polar surface area (TPSA) is 63.0 Å². The van der Waals surface area contributed by atoms with Crippen LogP contribution in [0.3, 0.4) is 0 Å². The zero-order valence-corrected chi connectivity index (χ0v) is 16.4. The third-order valence-electron chi connectivity index (χ3n) is 5.15. The van der Waals surface area contributed by atoms with Gasteiger partial charge in [-0.05, 0) is 30.7 Å². The van der Waals surface area contributed by atoms with Gasteiger partial charge in [0.25, 0.3) is 5.91 Å². The summed E-state index contributed by atoms with van der Waals surface area (Å²) in [6, 6.07) is 8.05. The van der Waals surface area contributed by atoms with Crippen molar-refractivity contribution in [1.29, 1.82) is 0 Å². The first kappa shape index (κ1) is 19.5. The van der Waals surface area contributed by atoms with Gasteiger partial charge in [0, 0.05) is 45.1 Å². The molecule has 3 aromatic rings. The number of aromatic nitrogens is 3. The number of fused-ring (bicyclic) bond motifs is 1. The Morgan fingerprint density at radius 1 is 1.24 bits per heavy atom. The minimum Gasteiger partial charge on any atom is -0.379 e. The molecule has 7 nitrogen and oxygen atoms in total. The van der Waals surface area contributed by atoms with Crippen LogP contribution >= 0.6 is 0 Å². The van der Waals surface area contributed by atoms with Gasteiger partial charge in [0.05, 0.1) is 18.9 Å². The van der Waals surface area contributed by atoms with Crippen molar-refractivity contribution >= 4 is 11.6 Å². The maximum absolute atomic E-state index is 13.5. The molecule has 3 heterocycles. The Hall–Kier alpha value is -2.84. The summed E-state index contributed by atoms with van der Waals surface area (Å²) in [7, 11) is 0. The van der Waals surface area contributed by atoms with Gasteiger partial charge in [-0.2, -0.15) is 5.10 Å². The lowest BCUT2D eigenvalue weighted by atomic mass is 10.1. The largest absolute Gasteiger partial charge is 0.379 e. The lowest BCUT2D eigenvalue weighted by Gasteiger charge is -2.30. The van der Waals surface area contributed by atoms with E-state index in [1.165, 1.54) is 12.1 Å². The highest BCUT2D eigenvalue weighted by Crippen LogP contribution is 2.18. The molecule has 0 N–H and O–H groups in total. The normalized spacial score (nSPS) is 15.0. The van der Waals surface area contributed by atoms with E-state index in [2.05, 4.69) is 15.0 Å². The van der Waals surface area contributed by atoms with Crippen LogP contribution < -0.4 is 0 Å². The zero-order valence-electron chi connectivity index (χ0n) is 16.4. The van der Waals surface area contributed by atoms with Crippen molar-refractivity contribution in [2.45, 2.75) is 13.5 Å². The molecule has 0 radical (unpaired) electrons. The van der Waals surface area contributed by atoms with Crippen molar-refractivity contribution in [2.24, 2.45) is 0 Å². The number of hydrogen-bond acceptors (Lipinski definition) is 5. The van der Waals surface area contributed by atoms with Crippen molar-refractivity contribution in [3.8, 4) is 0 Å². The van der Waals surface area contributed by atoms with Crippen molar-refractivity contribution < 1.29 is 13.9 Å². The molecule has 0 bridgehead atoms. The summed E-state index contributed by atoms with van der Waals surface area (Å²) < 4.78 is 20.3. The Labute approximate surface area is 168 Å².